The third kappa shape index (κ3) is 4.20. The highest BCUT2D eigenvalue weighted by molar-refractivity contribution is 9.10. The molecule has 0 spiro atoms. The van der Waals surface area contributed by atoms with E-state index in [1.807, 2.05) is 18.2 Å². The topological polar surface area (TPSA) is 12.0 Å². The molecule has 0 aliphatic heterocycles. The van der Waals surface area contributed by atoms with Crippen LogP contribution in [0.25, 0.3) is 0 Å². The molecule has 1 aromatic heterocycles. The van der Waals surface area contributed by atoms with E-state index >= 15 is 0 Å². The molecule has 2 rings (SSSR count). The summed E-state index contributed by atoms with van der Waals surface area (Å²) in [6, 6.07) is 10.4. The molecule has 19 heavy (non-hydrogen) atoms. The van der Waals surface area contributed by atoms with Crippen molar-refractivity contribution in [1.82, 2.24) is 5.32 Å². The predicted octanol–water partition coefficient (Wildman–Crippen LogP) is 6.06. The third-order valence-electron chi connectivity index (χ3n) is 2.88. The smallest absolute Gasteiger partial charge is 0.107 e. The Morgan fingerprint density at radius 1 is 1.32 bits per heavy atom. The summed E-state index contributed by atoms with van der Waals surface area (Å²) in [6.07, 6.45) is 1.01. The molecule has 0 amide bonds. The molecule has 0 bridgehead atoms. The van der Waals surface area contributed by atoms with Gasteiger partial charge < -0.3 is 5.32 Å². The Kier molecular flexibility index (Phi) is 5.72. The summed E-state index contributed by atoms with van der Waals surface area (Å²) >= 11 is 17.1. The summed E-state index contributed by atoms with van der Waals surface area (Å²) in [6.45, 7) is 2.97. The van der Waals surface area contributed by atoms with Gasteiger partial charge in [-0.1, -0.05) is 42.3 Å². The number of thiophene rings is 1. The molecule has 1 atom stereocenters. The average molecular weight is 379 g/mol. The van der Waals surface area contributed by atoms with Gasteiger partial charge in [-0.2, -0.15) is 0 Å². The van der Waals surface area contributed by atoms with E-state index in [-0.39, 0.29) is 0 Å². The molecule has 102 valence electrons. The summed E-state index contributed by atoms with van der Waals surface area (Å²) in [5.41, 5.74) is 1.22. The molecule has 1 aromatic carbocycles. The SMILES string of the molecule is CCC(NCc1cc(Br)c(Cl)s1)c1cccc(Cl)c1. The van der Waals surface area contributed by atoms with E-state index in [0.717, 1.165) is 26.8 Å². The molecule has 1 nitrogen and oxygen atoms in total. The first kappa shape index (κ1) is 15.3. The van der Waals surface area contributed by atoms with Crippen molar-refractivity contribution >= 4 is 50.5 Å². The molecule has 1 heterocycles. The number of hydrogen-bond acceptors (Lipinski definition) is 2. The highest BCUT2D eigenvalue weighted by Gasteiger charge is 2.11. The van der Waals surface area contributed by atoms with E-state index < -0.39 is 0 Å². The Balaban J connectivity index is 2.03. The van der Waals surface area contributed by atoms with Gasteiger partial charge >= 0.3 is 0 Å². The zero-order chi connectivity index (χ0) is 13.8. The molecule has 5 heteroatoms. The quantitative estimate of drug-likeness (QED) is 0.666. The summed E-state index contributed by atoms with van der Waals surface area (Å²) < 4.78 is 1.76. The van der Waals surface area contributed by atoms with Gasteiger partial charge in [0.15, 0.2) is 0 Å². The molecule has 0 radical (unpaired) electrons. The van der Waals surface area contributed by atoms with Gasteiger partial charge in [-0.25, -0.2) is 0 Å². The number of benzene rings is 1. The average Bonchev–Trinajstić information content (AvgIpc) is 2.70. The van der Waals surface area contributed by atoms with Crippen molar-refractivity contribution in [2.24, 2.45) is 0 Å². The van der Waals surface area contributed by atoms with Gasteiger partial charge in [0.1, 0.15) is 4.34 Å². The van der Waals surface area contributed by atoms with Gasteiger partial charge in [-0.05, 0) is 46.1 Å². The Morgan fingerprint density at radius 3 is 2.68 bits per heavy atom. The van der Waals surface area contributed by atoms with Crippen LogP contribution in [-0.4, -0.2) is 0 Å². The molecule has 2 aromatic rings. The minimum atomic E-state index is 0.304. The Hall–Kier alpha value is -0.0600. The van der Waals surface area contributed by atoms with Crippen LogP contribution in [-0.2, 0) is 6.54 Å². The van der Waals surface area contributed by atoms with Crippen LogP contribution in [0.5, 0.6) is 0 Å². The normalized spacial score (nSPS) is 12.6. The van der Waals surface area contributed by atoms with E-state index in [0.29, 0.717) is 6.04 Å². The highest BCUT2D eigenvalue weighted by Crippen LogP contribution is 2.32. The molecular weight excluding hydrogens is 365 g/mol. The van der Waals surface area contributed by atoms with Crippen LogP contribution in [0.2, 0.25) is 9.36 Å². The van der Waals surface area contributed by atoms with Gasteiger partial charge in [-0.3, -0.25) is 0 Å². The molecule has 0 fully saturated rings. The number of rotatable bonds is 5. The van der Waals surface area contributed by atoms with Gasteiger partial charge in [-0.15, -0.1) is 11.3 Å². The third-order valence-corrected chi connectivity index (χ3v) is 5.59. The lowest BCUT2D eigenvalue weighted by Crippen LogP contribution is -2.19. The summed E-state index contributed by atoms with van der Waals surface area (Å²) in [7, 11) is 0. The second-order valence-electron chi connectivity index (χ2n) is 4.23. The van der Waals surface area contributed by atoms with Crippen molar-refractivity contribution in [3.05, 3.63) is 54.6 Å². The maximum absolute atomic E-state index is 6.04. The zero-order valence-electron chi connectivity index (χ0n) is 10.4. The van der Waals surface area contributed by atoms with Crippen molar-refractivity contribution in [1.29, 1.82) is 0 Å². The maximum atomic E-state index is 6.04. The van der Waals surface area contributed by atoms with Crippen LogP contribution in [0.3, 0.4) is 0 Å². The monoisotopic (exact) mass is 377 g/mol. The van der Waals surface area contributed by atoms with Gasteiger partial charge in [0, 0.05) is 27.0 Å². The number of hydrogen-bond donors (Lipinski definition) is 1. The molecule has 0 aliphatic carbocycles. The van der Waals surface area contributed by atoms with Crippen LogP contribution in [0.15, 0.2) is 34.8 Å². The second-order valence-corrected chi connectivity index (χ2v) is 7.26. The molecule has 0 saturated carbocycles. The summed E-state index contributed by atoms with van der Waals surface area (Å²) in [5.74, 6) is 0. The van der Waals surface area contributed by atoms with Gasteiger partial charge in [0.25, 0.3) is 0 Å². The number of halogens is 3. The van der Waals surface area contributed by atoms with Crippen molar-refractivity contribution in [2.75, 3.05) is 0 Å². The minimum absolute atomic E-state index is 0.304. The van der Waals surface area contributed by atoms with Gasteiger partial charge in [0.05, 0.1) is 0 Å². The first-order valence-electron chi connectivity index (χ1n) is 6.02. The lowest BCUT2D eigenvalue weighted by molar-refractivity contribution is 0.522. The zero-order valence-corrected chi connectivity index (χ0v) is 14.3. The van der Waals surface area contributed by atoms with Crippen LogP contribution in [0, 0.1) is 0 Å². The van der Waals surface area contributed by atoms with Crippen LogP contribution < -0.4 is 5.32 Å². The van der Waals surface area contributed by atoms with E-state index in [1.54, 1.807) is 11.3 Å². The first-order chi connectivity index (χ1) is 9.10. The lowest BCUT2D eigenvalue weighted by Gasteiger charge is -2.17. The van der Waals surface area contributed by atoms with E-state index in [9.17, 15) is 0 Å². The molecule has 0 aliphatic rings. The minimum Gasteiger partial charge on any atom is -0.305 e. The van der Waals surface area contributed by atoms with E-state index in [4.69, 9.17) is 23.2 Å². The Bertz CT molecular complexity index is 537. The fraction of sp³-hybridized carbons (Fsp3) is 0.286. The highest BCUT2D eigenvalue weighted by atomic mass is 79.9. The molecule has 0 saturated heterocycles. The fourth-order valence-corrected chi connectivity index (χ4v) is 3.86. The van der Waals surface area contributed by atoms with Crippen molar-refractivity contribution in [3.8, 4) is 0 Å². The Labute approximate surface area is 136 Å². The van der Waals surface area contributed by atoms with Crippen LogP contribution in [0.1, 0.15) is 29.8 Å². The van der Waals surface area contributed by atoms with Crippen molar-refractivity contribution in [2.45, 2.75) is 25.9 Å². The van der Waals surface area contributed by atoms with Gasteiger partial charge in [0.2, 0.25) is 0 Å². The van der Waals surface area contributed by atoms with Crippen molar-refractivity contribution in [3.63, 3.8) is 0 Å². The van der Waals surface area contributed by atoms with E-state index in [1.165, 1.54) is 10.4 Å². The summed E-state index contributed by atoms with van der Waals surface area (Å²) in [4.78, 5) is 1.22. The van der Waals surface area contributed by atoms with Crippen molar-refractivity contribution < 1.29 is 0 Å². The summed E-state index contributed by atoms with van der Waals surface area (Å²) in [5, 5.41) is 4.32. The lowest BCUT2D eigenvalue weighted by atomic mass is 10.0. The maximum Gasteiger partial charge on any atom is 0.107 e. The fourth-order valence-electron chi connectivity index (χ4n) is 1.92. The number of nitrogens with one attached hydrogen (secondary N) is 1. The predicted molar refractivity (Wildman–Crippen MR) is 88.4 cm³/mol. The molecular formula is C14H14BrCl2NS. The van der Waals surface area contributed by atoms with Crippen LogP contribution in [0.4, 0.5) is 0 Å². The van der Waals surface area contributed by atoms with Crippen LogP contribution >= 0.6 is 50.5 Å². The molecule has 1 N–H and O–H groups in total. The second kappa shape index (κ2) is 7.09. The first-order valence-corrected chi connectivity index (χ1v) is 8.39. The largest absolute Gasteiger partial charge is 0.305 e. The Morgan fingerprint density at radius 2 is 2.11 bits per heavy atom. The standard InChI is InChI=1S/C14H14BrCl2NS/c1-2-13(9-4-3-5-10(16)6-9)18-8-11-7-12(15)14(17)19-11/h3-7,13,18H,2,8H2,1H3. The van der Waals surface area contributed by atoms with E-state index in [2.05, 4.69) is 40.3 Å². The molecule has 1 unspecified atom stereocenters.